The first-order chi connectivity index (χ1) is 16.2. The molecule has 168 valence electrons. The number of amides is 2. The summed E-state index contributed by atoms with van der Waals surface area (Å²) in [6.45, 7) is 2.58. The van der Waals surface area contributed by atoms with Crippen LogP contribution in [0, 0.1) is 0 Å². The van der Waals surface area contributed by atoms with Crippen LogP contribution in [0.4, 0.5) is 0 Å². The average molecular weight is 441 g/mol. The van der Waals surface area contributed by atoms with Gasteiger partial charge in [-0.05, 0) is 72.4 Å². The summed E-state index contributed by atoms with van der Waals surface area (Å²) in [6, 6.07) is 23.3. The molecule has 3 aromatic carbocycles. The first kappa shape index (κ1) is 21.3. The predicted octanol–water partition coefficient (Wildman–Crippen LogP) is 4.35. The molecule has 0 N–H and O–H groups in total. The molecule has 5 nitrogen and oxygen atoms in total. The van der Waals surface area contributed by atoms with E-state index in [0.29, 0.717) is 43.9 Å². The van der Waals surface area contributed by atoms with Crippen molar-refractivity contribution in [3.63, 3.8) is 0 Å². The van der Waals surface area contributed by atoms with Crippen LogP contribution in [-0.4, -0.2) is 47.8 Å². The van der Waals surface area contributed by atoms with Crippen molar-refractivity contribution < 1.29 is 14.3 Å². The van der Waals surface area contributed by atoms with Gasteiger partial charge in [-0.1, -0.05) is 36.4 Å². The number of hydrogen-bond acceptors (Lipinski definition) is 3. The summed E-state index contributed by atoms with van der Waals surface area (Å²) >= 11 is 0. The molecule has 1 fully saturated rings. The van der Waals surface area contributed by atoms with Crippen molar-refractivity contribution in [2.24, 2.45) is 0 Å². The maximum absolute atomic E-state index is 13.1. The van der Waals surface area contributed by atoms with Gasteiger partial charge >= 0.3 is 0 Å². The Bertz CT molecular complexity index is 1150. The monoisotopic (exact) mass is 440 g/mol. The Morgan fingerprint density at radius 1 is 0.697 bits per heavy atom. The van der Waals surface area contributed by atoms with E-state index >= 15 is 0 Å². The molecule has 2 aliphatic rings. The molecule has 1 saturated heterocycles. The van der Waals surface area contributed by atoms with Crippen molar-refractivity contribution in [2.45, 2.75) is 25.9 Å². The number of ether oxygens (including phenoxy) is 1. The van der Waals surface area contributed by atoms with Crippen LogP contribution in [-0.2, 0) is 19.4 Å². The van der Waals surface area contributed by atoms with Gasteiger partial charge in [0.2, 0.25) is 0 Å². The lowest BCUT2D eigenvalue weighted by atomic mass is 10.1. The van der Waals surface area contributed by atoms with Crippen LogP contribution >= 0.6 is 0 Å². The van der Waals surface area contributed by atoms with Crippen LogP contribution in [0.15, 0.2) is 72.8 Å². The van der Waals surface area contributed by atoms with E-state index in [1.165, 1.54) is 17.5 Å². The summed E-state index contributed by atoms with van der Waals surface area (Å²) in [5.41, 5.74) is 5.14. The molecule has 5 rings (SSSR count). The highest BCUT2D eigenvalue weighted by Gasteiger charge is 2.25. The lowest BCUT2D eigenvalue weighted by Gasteiger charge is -2.35. The average Bonchev–Trinajstić information content (AvgIpc) is 3.35. The molecule has 3 aromatic rings. The van der Waals surface area contributed by atoms with Gasteiger partial charge in [0, 0.05) is 37.3 Å². The molecule has 0 unspecified atom stereocenters. The molecule has 2 amide bonds. The minimum absolute atomic E-state index is 0.00110. The molecule has 33 heavy (non-hydrogen) atoms. The van der Waals surface area contributed by atoms with Gasteiger partial charge in [0.1, 0.15) is 12.4 Å². The Labute approximate surface area is 194 Å². The van der Waals surface area contributed by atoms with Crippen molar-refractivity contribution in [1.82, 2.24) is 9.80 Å². The third-order valence-corrected chi connectivity index (χ3v) is 6.52. The Hall–Kier alpha value is -3.60. The molecule has 1 aliphatic heterocycles. The van der Waals surface area contributed by atoms with Crippen molar-refractivity contribution in [2.75, 3.05) is 26.2 Å². The van der Waals surface area contributed by atoms with Crippen LogP contribution < -0.4 is 4.74 Å². The third kappa shape index (κ3) is 4.77. The van der Waals surface area contributed by atoms with Crippen molar-refractivity contribution in [3.8, 4) is 5.75 Å². The highest BCUT2D eigenvalue weighted by molar-refractivity contribution is 5.96. The van der Waals surface area contributed by atoms with E-state index < -0.39 is 0 Å². The molecular formula is C28H28N2O3. The summed E-state index contributed by atoms with van der Waals surface area (Å²) in [6.07, 6.45) is 3.51. The van der Waals surface area contributed by atoms with Crippen LogP contribution in [0.5, 0.6) is 5.75 Å². The molecule has 5 heteroatoms. The number of aryl methyl sites for hydroxylation is 2. The fraction of sp³-hybridized carbons (Fsp3) is 0.286. The topological polar surface area (TPSA) is 49.9 Å². The zero-order chi connectivity index (χ0) is 22.6. The Kier molecular flexibility index (Phi) is 6.11. The molecule has 0 atom stereocenters. The molecule has 0 saturated carbocycles. The summed E-state index contributed by atoms with van der Waals surface area (Å²) in [5.74, 6) is 0.904. The van der Waals surface area contributed by atoms with Gasteiger partial charge in [0.25, 0.3) is 11.8 Å². The number of piperazine rings is 1. The Morgan fingerprint density at radius 2 is 1.36 bits per heavy atom. The third-order valence-electron chi connectivity index (χ3n) is 6.52. The standard InChI is InChI=1S/C28H28N2O3/c31-27(23-7-2-1-3-8-23)29-14-16-30(17-15-29)28(32)25-11-4-6-21(18-25)20-33-26-13-12-22-9-5-10-24(22)19-26/h1-4,6-8,11-13,18-19H,5,9-10,14-17,20H2. The zero-order valence-corrected chi connectivity index (χ0v) is 18.7. The second kappa shape index (κ2) is 9.49. The smallest absolute Gasteiger partial charge is 0.253 e. The molecule has 0 aromatic heterocycles. The number of carbonyl (C=O) groups excluding carboxylic acids is 2. The minimum atomic E-state index is 0.00110. The van der Waals surface area contributed by atoms with E-state index in [2.05, 4.69) is 12.1 Å². The number of carbonyl (C=O) groups is 2. The molecule has 0 bridgehead atoms. The van der Waals surface area contributed by atoms with E-state index in [-0.39, 0.29) is 11.8 Å². The normalized spacial score (nSPS) is 15.3. The molecule has 1 aliphatic carbocycles. The van der Waals surface area contributed by atoms with E-state index in [9.17, 15) is 9.59 Å². The fourth-order valence-corrected chi connectivity index (χ4v) is 4.66. The number of nitrogens with zero attached hydrogens (tertiary/aromatic N) is 2. The maximum atomic E-state index is 13.1. The van der Waals surface area contributed by atoms with E-state index in [0.717, 1.165) is 24.2 Å². The molecule has 0 radical (unpaired) electrons. The highest BCUT2D eigenvalue weighted by atomic mass is 16.5. The van der Waals surface area contributed by atoms with Gasteiger partial charge in [-0.2, -0.15) is 0 Å². The van der Waals surface area contributed by atoms with Crippen LogP contribution in [0.1, 0.15) is 43.8 Å². The van der Waals surface area contributed by atoms with Crippen molar-refractivity contribution in [1.29, 1.82) is 0 Å². The summed E-state index contributed by atoms with van der Waals surface area (Å²) in [4.78, 5) is 29.4. The van der Waals surface area contributed by atoms with Gasteiger partial charge in [-0.15, -0.1) is 0 Å². The largest absolute Gasteiger partial charge is 0.489 e. The Balaban J connectivity index is 1.18. The van der Waals surface area contributed by atoms with E-state index in [1.54, 1.807) is 0 Å². The quantitative estimate of drug-likeness (QED) is 0.593. The predicted molar refractivity (Wildman–Crippen MR) is 127 cm³/mol. The van der Waals surface area contributed by atoms with Gasteiger partial charge in [0.15, 0.2) is 0 Å². The summed E-state index contributed by atoms with van der Waals surface area (Å²) in [5, 5.41) is 0. The highest BCUT2D eigenvalue weighted by Crippen LogP contribution is 2.26. The molecule has 1 heterocycles. The Morgan fingerprint density at radius 3 is 2.12 bits per heavy atom. The van der Waals surface area contributed by atoms with E-state index in [4.69, 9.17) is 4.74 Å². The first-order valence-corrected chi connectivity index (χ1v) is 11.6. The SMILES string of the molecule is O=C(c1ccccc1)N1CCN(C(=O)c2cccc(COc3ccc4c(c3)CCC4)c2)CC1. The number of benzene rings is 3. The van der Waals surface area contributed by atoms with Crippen molar-refractivity contribution in [3.05, 3.63) is 101 Å². The van der Waals surface area contributed by atoms with Crippen molar-refractivity contribution >= 4 is 11.8 Å². The molecule has 0 spiro atoms. The van der Waals surface area contributed by atoms with E-state index in [1.807, 2.05) is 70.5 Å². The first-order valence-electron chi connectivity index (χ1n) is 11.6. The second-order valence-corrected chi connectivity index (χ2v) is 8.72. The number of rotatable bonds is 5. The van der Waals surface area contributed by atoms with Crippen LogP contribution in [0.3, 0.4) is 0 Å². The summed E-state index contributed by atoms with van der Waals surface area (Å²) < 4.78 is 6.01. The van der Waals surface area contributed by atoms with Gasteiger partial charge in [-0.25, -0.2) is 0 Å². The van der Waals surface area contributed by atoms with Crippen LogP contribution in [0.2, 0.25) is 0 Å². The minimum Gasteiger partial charge on any atom is -0.489 e. The fourth-order valence-electron chi connectivity index (χ4n) is 4.66. The van der Waals surface area contributed by atoms with Gasteiger partial charge < -0.3 is 14.5 Å². The zero-order valence-electron chi connectivity index (χ0n) is 18.7. The molecular weight excluding hydrogens is 412 g/mol. The maximum Gasteiger partial charge on any atom is 0.253 e. The lowest BCUT2D eigenvalue weighted by Crippen LogP contribution is -2.50. The second-order valence-electron chi connectivity index (χ2n) is 8.72. The van der Waals surface area contributed by atoms with Gasteiger partial charge in [0.05, 0.1) is 0 Å². The number of hydrogen-bond donors (Lipinski definition) is 0. The summed E-state index contributed by atoms with van der Waals surface area (Å²) in [7, 11) is 0. The van der Waals surface area contributed by atoms with Gasteiger partial charge in [-0.3, -0.25) is 9.59 Å². The number of fused-ring (bicyclic) bond motifs is 1. The lowest BCUT2D eigenvalue weighted by molar-refractivity contribution is 0.0535. The van der Waals surface area contributed by atoms with Crippen LogP contribution in [0.25, 0.3) is 0 Å².